The number of aliphatic hydroxyl groups is 1. The molecule has 19 heteroatoms. The fourth-order valence-corrected chi connectivity index (χ4v) is 12.0. The summed E-state index contributed by atoms with van der Waals surface area (Å²) in [5.74, 6) is -0.669. The third-order valence-corrected chi connectivity index (χ3v) is 17.9. The molecule has 0 amide bonds. The van der Waals surface area contributed by atoms with Crippen LogP contribution >= 0.6 is 15.6 Å². The van der Waals surface area contributed by atoms with E-state index in [1.54, 1.807) is 0 Å². The second-order valence-electron chi connectivity index (χ2n) is 25.9. The van der Waals surface area contributed by atoms with Gasteiger partial charge in [0.25, 0.3) is 0 Å². The summed E-state index contributed by atoms with van der Waals surface area (Å²) in [5, 5.41) is 10.6. The molecule has 0 saturated heterocycles. The van der Waals surface area contributed by atoms with E-state index in [0.29, 0.717) is 31.6 Å². The molecule has 522 valence electrons. The first-order valence-electron chi connectivity index (χ1n) is 36.0. The molecule has 2 unspecified atom stereocenters. The molecule has 5 atom stereocenters. The van der Waals surface area contributed by atoms with Crippen LogP contribution in [0.2, 0.25) is 0 Å². The molecule has 3 N–H and O–H groups in total. The molecule has 0 aromatic heterocycles. The number of phosphoric acid groups is 2. The Hall–Kier alpha value is -1.94. The zero-order chi connectivity index (χ0) is 65.0. The number of phosphoric ester groups is 2. The normalized spacial score (nSPS) is 14.2. The smallest absolute Gasteiger partial charge is 0.462 e. The van der Waals surface area contributed by atoms with Crippen LogP contribution in [0.1, 0.15) is 350 Å². The zero-order valence-corrected chi connectivity index (χ0v) is 58.8. The number of carbonyl (C=O) groups excluding carboxylic acids is 4. The van der Waals surface area contributed by atoms with Gasteiger partial charge >= 0.3 is 39.5 Å². The number of aliphatic hydroxyl groups excluding tert-OH is 1. The van der Waals surface area contributed by atoms with Gasteiger partial charge in [0.15, 0.2) is 12.2 Å². The van der Waals surface area contributed by atoms with Gasteiger partial charge in [-0.05, 0) is 37.5 Å². The maximum atomic E-state index is 13.0. The third kappa shape index (κ3) is 62.8. The van der Waals surface area contributed by atoms with Crippen LogP contribution in [0.5, 0.6) is 0 Å². The van der Waals surface area contributed by atoms with Gasteiger partial charge in [0, 0.05) is 25.7 Å². The number of unbranched alkanes of at least 4 members (excludes halogenated alkanes) is 38. The van der Waals surface area contributed by atoms with E-state index in [2.05, 4.69) is 41.5 Å². The quantitative estimate of drug-likeness (QED) is 0.0222. The maximum absolute atomic E-state index is 13.0. The van der Waals surface area contributed by atoms with Crippen molar-refractivity contribution in [3.8, 4) is 0 Å². The van der Waals surface area contributed by atoms with Crippen molar-refractivity contribution in [3.05, 3.63) is 0 Å². The van der Waals surface area contributed by atoms with Crippen molar-refractivity contribution in [2.24, 2.45) is 11.8 Å². The molecule has 0 heterocycles. The number of esters is 4. The largest absolute Gasteiger partial charge is 0.472 e. The van der Waals surface area contributed by atoms with E-state index in [1.165, 1.54) is 154 Å². The van der Waals surface area contributed by atoms with Crippen LogP contribution in [-0.4, -0.2) is 96.7 Å². The Balaban J connectivity index is 5.19. The minimum Gasteiger partial charge on any atom is -0.462 e. The zero-order valence-electron chi connectivity index (χ0n) is 57.0. The van der Waals surface area contributed by atoms with Gasteiger partial charge in [-0.15, -0.1) is 0 Å². The van der Waals surface area contributed by atoms with Crippen LogP contribution in [0.25, 0.3) is 0 Å². The highest BCUT2D eigenvalue weighted by Crippen LogP contribution is 2.45. The Labute approximate surface area is 537 Å². The number of rotatable bonds is 68. The Morgan fingerprint density at radius 3 is 0.773 bits per heavy atom. The summed E-state index contributed by atoms with van der Waals surface area (Å²) < 4.78 is 68.1. The topological polar surface area (TPSA) is 237 Å². The molecule has 0 aromatic carbocycles. The first kappa shape index (κ1) is 86.1. The van der Waals surface area contributed by atoms with Gasteiger partial charge in [0.05, 0.1) is 26.4 Å². The molecule has 0 fully saturated rings. The molecule has 0 saturated carbocycles. The lowest BCUT2D eigenvalue weighted by Crippen LogP contribution is -2.30. The van der Waals surface area contributed by atoms with Crippen molar-refractivity contribution in [2.75, 3.05) is 39.6 Å². The van der Waals surface area contributed by atoms with Gasteiger partial charge in [-0.25, -0.2) is 9.13 Å². The molecule has 0 aliphatic carbocycles. The monoisotopic (exact) mass is 1300 g/mol. The van der Waals surface area contributed by atoms with Crippen molar-refractivity contribution in [1.82, 2.24) is 0 Å². The second-order valence-corrected chi connectivity index (χ2v) is 28.8. The summed E-state index contributed by atoms with van der Waals surface area (Å²) in [5.41, 5.74) is 0. The summed E-state index contributed by atoms with van der Waals surface area (Å²) in [6, 6.07) is 0. The van der Waals surface area contributed by atoms with Crippen LogP contribution in [0.15, 0.2) is 0 Å². The van der Waals surface area contributed by atoms with Gasteiger partial charge in [-0.3, -0.25) is 37.3 Å². The molecule has 0 bridgehead atoms. The van der Waals surface area contributed by atoms with Crippen LogP contribution in [0.4, 0.5) is 0 Å². The van der Waals surface area contributed by atoms with Gasteiger partial charge in [-0.2, -0.15) is 0 Å². The van der Waals surface area contributed by atoms with E-state index in [9.17, 15) is 43.2 Å². The van der Waals surface area contributed by atoms with Gasteiger partial charge in [0.2, 0.25) is 0 Å². The predicted molar refractivity (Wildman–Crippen MR) is 354 cm³/mol. The van der Waals surface area contributed by atoms with Gasteiger partial charge in [0.1, 0.15) is 19.3 Å². The van der Waals surface area contributed by atoms with E-state index in [-0.39, 0.29) is 25.7 Å². The SMILES string of the molecule is CCCCCCCCCCCCCCCCCC(=O)OC[C@H](COP(=O)(O)OC[C@@H](O)COP(=O)(O)OC[C@@H](COC(=O)CCCCCCCCC)OC(=O)CCCCCCCCC(C)C)OC(=O)CCCCCCCCCCCCCCCCC(C)C. The van der Waals surface area contributed by atoms with Crippen LogP contribution in [-0.2, 0) is 65.4 Å². The Morgan fingerprint density at radius 1 is 0.307 bits per heavy atom. The molecular weight excluding hydrogens is 1160 g/mol. The molecule has 0 rings (SSSR count). The van der Waals surface area contributed by atoms with Crippen LogP contribution < -0.4 is 0 Å². The minimum absolute atomic E-state index is 0.102. The summed E-state index contributed by atoms with van der Waals surface area (Å²) in [7, 11) is -9.89. The van der Waals surface area contributed by atoms with E-state index in [1.807, 2.05) is 0 Å². The average molecular weight is 1300 g/mol. The standard InChI is InChI=1S/C69H134O17P2/c1-7-9-11-13-15-16-17-18-19-23-26-29-33-40-46-52-67(72)80-58-64(85-68(73)53-47-41-34-30-27-24-21-20-22-25-28-32-37-43-49-61(3)4)59-83-87(75,76)81-55-63(70)56-82-88(77,78)84-60-65(57-79-66(71)51-45-39-31-14-12-10-8-2)86-69(74)54-48-42-36-35-38-44-50-62(5)6/h61-65,70H,7-60H2,1-6H3,(H,75,76)(H,77,78)/t63-,64-,65-/m1/s1. The lowest BCUT2D eigenvalue weighted by Gasteiger charge is -2.21. The van der Waals surface area contributed by atoms with E-state index in [0.717, 1.165) is 109 Å². The summed E-state index contributed by atoms with van der Waals surface area (Å²) in [4.78, 5) is 72.3. The molecule has 0 radical (unpaired) electrons. The van der Waals surface area contributed by atoms with Gasteiger partial charge < -0.3 is 33.8 Å². The number of carbonyl (C=O) groups is 4. The first-order chi connectivity index (χ1) is 42.4. The second kappa shape index (κ2) is 61.3. The van der Waals surface area contributed by atoms with Crippen molar-refractivity contribution in [2.45, 2.75) is 368 Å². The number of hydrogen-bond donors (Lipinski definition) is 3. The van der Waals surface area contributed by atoms with E-state index < -0.39 is 97.5 Å². The van der Waals surface area contributed by atoms with Crippen LogP contribution in [0.3, 0.4) is 0 Å². The van der Waals surface area contributed by atoms with Crippen molar-refractivity contribution in [3.63, 3.8) is 0 Å². The lowest BCUT2D eigenvalue weighted by molar-refractivity contribution is -0.161. The summed E-state index contributed by atoms with van der Waals surface area (Å²) in [6.07, 6.45) is 46.1. The highest BCUT2D eigenvalue weighted by Gasteiger charge is 2.30. The Kier molecular flexibility index (Phi) is 59.9. The molecule has 0 spiro atoms. The molecule has 0 aliphatic heterocycles. The van der Waals surface area contributed by atoms with E-state index in [4.69, 9.17) is 37.0 Å². The molecular formula is C69H134O17P2. The maximum Gasteiger partial charge on any atom is 0.472 e. The molecule has 0 aliphatic rings. The van der Waals surface area contributed by atoms with Crippen molar-refractivity contribution >= 4 is 39.5 Å². The molecule has 0 aromatic rings. The van der Waals surface area contributed by atoms with Gasteiger partial charge in [-0.1, -0.05) is 298 Å². The third-order valence-electron chi connectivity index (χ3n) is 16.0. The van der Waals surface area contributed by atoms with Crippen molar-refractivity contribution in [1.29, 1.82) is 0 Å². The summed E-state index contributed by atoms with van der Waals surface area (Å²) >= 11 is 0. The fourth-order valence-electron chi connectivity index (χ4n) is 10.4. The fraction of sp³-hybridized carbons (Fsp3) is 0.942. The minimum atomic E-state index is -4.95. The highest BCUT2D eigenvalue weighted by molar-refractivity contribution is 7.47. The van der Waals surface area contributed by atoms with Crippen molar-refractivity contribution < 1.29 is 80.2 Å². The first-order valence-corrected chi connectivity index (χ1v) is 39.0. The Bertz CT molecular complexity index is 1720. The molecule has 88 heavy (non-hydrogen) atoms. The average Bonchev–Trinajstić information content (AvgIpc) is 3.59. The summed E-state index contributed by atoms with van der Waals surface area (Å²) in [6.45, 7) is 9.43. The number of ether oxygens (including phenoxy) is 4. The van der Waals surface area contributed by atoms with E-state index >= 15 is 0 Å². The highest BCUT2D eigenvalue weighted by atomic mass is 31.2. The Morgan fingerprint density at radius 2 is 0.523 bits per heavy atom. The lowest BCUT2D eigenvalue weighted by atomic mass is 10.0. The molecule has 17 nitrogen and oxygen atoms in total. The number of hydrogen-bond acceptors (Lipinski definition) is 15. The predicted octanol–water partition coefficient (Wildman–Crippen LogP) is 19.6. The van der Waals surface area contributed by atoms with Crippen LogP contribution in [0, 0.1) is 11.8 Å².